The Labute approximate surface area is 171 Å². The zero-order chi connectivity index (χ0) is 20.6. The summed E-state index contributed by atoms with van der Waals surface area (Å²) in [6.07, 6.45) is 1.94. The van der Waals surface area contributed by atoms with Crippen LogP contribution in [0.1, 0.15) is 31.2 Å². The molecule has 6 heteroatoms. The molecule has 0 saturated heterocycles. The highest BCUT2D eigenvalue weighted by Gasteiger charge is 2.16. The second-order valence-electron chi connectivity index (χ2n) is 7.19. The van der Waals surface area contributed by atoms with Crippen molar-refractivity contribution in [3.8, 4) is 0 Å². The van der Waals surface area contributed by atoms with E-state index in [9.17, 15) is 9.59 Å². The predicted octanol–water partition coefficient (Wildman–Crippen LogP) is 3.15. The molecule has 1 N–H and O–H groups in total. The van der Waals surface area contributed by atoms with Crippen molar-refractivity contribution in [1.29, 1.82) is 0 Å². The van der Waals surface area contributed by atoms with Gasteiger partial charge in [-0.1, -0.05) is 49.4 Å². The average Bonchev–Trinajstić information content (AvgIpc) is 3.06. The number of hydrogen-bond acceptors (Lipinski definition) is 3. The first kappa shape index (κ1) is 20.6. The largest absolute Gasteiger partial charge is 0.356 e. The molecular weight excluding hydrogens is 364 g/mol. The maximum absolute atomic E-state index is 12.9. The van der Waals surface area contributed by atoms with Gasteiger partial charge >= 0.3 is 0 Å². The van der Waals surface area contributed by atoms with E-state index in [1.807, 2.05) is 73.1 Å². The summed E-state index contributed by atoms with van der Waals surface area (Å²) in [6, 6.07) is 17.8. The minimum Gasteiger partial charge on any atom is -0.356 e. The number of fused-ring (bicyclic) bond motifs is 1. The Morgan fingerprint density at radius 3 is 2.55 bits per heavy atom. The molecule has 2 aromatic carbocycles. The van der Waals surface area contributed by atoms with Crippen molar-refractivity contribution < 1.29 is 9.59 Å². The molecule has 1 aromatic heterocycles. The van der Waals surface area contributed by atoms with E-state index in [1.54, 1.807) is 4.90 Å². The molecule has 3 rings (SSSR count). The third-order valence-corrected chi connectivity index (χ3v) is 4.86. The fraction of sp³-hybridized carbons (Fsp3) is 0.348. The molecular formula is C23H28N4O2. The zero-order valence-electron chi connectivity index (χ0n) is 17.1. The molecule has 0 bridgehead atoms. The average molecular weight is 393 g/mol. The van der Waals surface area contributed by atoms with Crippen LogP contribution >= 0.6 is 0 Å². The Kier molecular flexibility index (Phi) is 7.00. The Balaban J connectivity index is 1.72. The first-order valence-corrected chi connectivity index (χ1v) is 10.1. The predicted molar refractivity (Wildman–Crippen MR) is 114 cm³/mol. The molecule has 2 amide bonds. The lowest BCUT2D eigenvalue weighted by Crippen LogP contribution is -2.31. The number of aromatic nitrogens is 2. The number of benzene rings is 2. The number of carbonyl (C=O) groups is 2. The third-order valence-electron chi connectivity index (χ3n) is 4.86. The summed E-state index contributed by atoms with van der Waals surface area (Å²) in [5, 5.41) is 2.92. The molecule has 6 nitrogen and oxygen atoms in total. The molecule has 0 aliphatic carbocycles. The van der Waals surface area contributed by atoms with Gasteiger partial charge < -0.3 is 14.8 Å². The van der Waals surface area contributed by atoms with Crippen LogP contribution in [-0.2, 0) is 29.1 Å². The molecule has 152 valence electrons. The molecule has 0 atom stereocenters. The van der Waals surface area contributed by atoms with Crippen LogP contribution in [0.15, 0.2) is 54.6 Å². The van der Waals surface area contributed by atoms with Crippen LogP contribution in [0.2, 0.25) is 0 Å². The van der Waals surface area contributed by atoms with E-state index in [1.165, 1.54) is 0 Å². The topological polar surface area (TPSA) is 67.2 Å². The molecule has 0 radical (unpaired) electrons. The number of likely N-dealkylation sites (N-methyl/N-ethyl adjacent to an activating group) is 1. The van der Waals surface area contributed by atoms with Crippen LogP contribution in [0.25, 0.3) is 11.0 Å². The van der Waals surface area contributed by atoms with Crippen molar-refractivity contribution in [2.24, 2.45) is 0 Å². The summed E-state index contributed by atoms with van der Waals surface area (Å²) in [4.78, 5) is 31.0. The minimum atomic E-state index is 0.0216. The number of para-hydroxylation sites is 2. The van der Waals surface area contributed by atoms with Crippen LogP contribution in [-0.4, -0.2) is 39.9 Å². The van der Waals surface area contributed by atoms with Gasteiger partial charge in [0.25, 0.3) is 0 Å². The molecule has 29 heavy (non-hydrogen) atoms. The molecule has 3 aromatic rings. The highest BCUT2D eigenvalue weighted by atomic mass is 16.2. The summed E-state index contributed by atoms with van der Waals surface area (Å²) in [7, 11) is 1.82. The molecule has 0 aliphatic rings. The molecule has 0 unspecified atom stereocenters. The van der Waals surface area contributed by atoms with E-state index in [0.29, 0.717) is 25.9 Å². The number of carbonyl (C=O) groups excluding carboxylic acids is 2. The van der Waals surface area contributed by atoms with Gasteiger partial charge in [-0.25, -0.2) is 4.98 Å². The lowest BCUT2D eigenvalue weighted by Gasteiger charge is -2.19. The van der Waals surface area contributed by atoms with E-state index in [4.69, 9.17) is 4.98 Å². The number of imidazole rings is 1. The number of amides is 2. The number of hydrogen-bond donors (Lipinski definition) is 1. The van der Waals surface area contributed by atoms with Crippen molar-refractivity contribution in [2.75, 3.05) is 13.6 Å². The van der Waals surface area contributed by atoms with E-state index in [0.717, 1.165) is 28.8 Å². The van der Waals surface area contributed by atoms with Crippen LogP contribution in [0.5, 0.6) is 0 Å². The fourth-order valence-electron chi connectivity index (χ4n) is 3.32. The highest BCUT2D eigenvalue weighted by molar-refractivity contribution is 5.81. The first-order chi connectivity index (χ1) is 14.1. The summed E-state index contributed by atoms with van der Waals surface area (Å²) >= 11 is 0. The lowest BCUT2D eigenvalue weighted by molar-refractivity contribution is -0.131. The normalized spacial score (nSPS) is 10.8. The molecule has 0 fully saturated rings. The fourth-order valence-corrected chi connectivity index (χ4v) is 3.32. The molecule has 0 saturated carbocycles. The van der Waals surface area contributed by atoms with Gasteiger partial charge in [-0.2, -0.15) is 0 Å². The first-order valence-electron chi connectivity index (χ1n) is 10.1. The van der Waals surface area contributed by atoms with Gasteiger partial charge in [0.2, 0.25) is 11.8 Å². The van der Waals surface area contributed by atoms with E-state index < -0.39 is 0 Å². The monoisotopic (exact) mass is 392 g/mol. The van der Waals surface area contributed by atoms with E-state index in [2.05, 4.69) is 5.32 Å². The molecule has 0 aliphatic heterocycles. The van der Waals surface area contributed by atoms with Crippen LogP contribution in [0.3, 0.4) is 0 Å². The quantitative estimate of drug-likeness (QED) is 0.608. The number of rotatable bonds is 9. The van der Waals surface area contributed by atoms with E-state index >= 15 is 0 Å². The van der Waals surface area contributed by atoms with Crippen molar-refractivity contribution in [2.45, 2.75) is 39.3 Å². The Morgan fingerprint density at radius 1 is 1.07 bits per heavy atom. The van der Waals surface area contributed by atoms with Crippen LogP contribution < -0.4 is 5.32 Å². The van der Waals surface area contributed by atoms with Crippen molar-refractivity contribution >= 4 is 22.8 Å². The second-order valence-corrected chi connectivity index (χ2v) is 7.19. The zero-order valence-corrected chi connectivity index (χ0v) is 17.1. The number of nitrogens with zero attached hydrogens (tertiary/aromatic N) is 3. The van der Waals surface area contributed by atoms with Crippen LogP contribution in [0, 0.1) is 0 Å². The maximum atomic E-state index is 12.9. The molecule has 1 heterocycles. The SMILES string of the molecule is CCCC(=O)NCCc1nc2ccccc2n1CC(=O)N(C)Cc1ccccc1. The van der Waals surface area contributed by atoms with Crippen molar-refractivity contribution in [3.63, 3.8) is 0 Å². The van der Waals surface area contributed by atoms with Gasteiger partial charge in [-0.05, 0) is 24.1 Å². The van der Waals surface area contributed by atoms with Crippen molar-refractivity contribution in [3.05, 3.63) is 66.0 Å². The van der Waals surface area contributed by atoms with Gasteiger partial charge in [0.1, 0.15) is 12.4 Å². The Hall–Kier alpha value is -3.15. The third kappa shape index (κ3) is 5.44. The van der Waals surface area contributed by atoms with Gasteiger partial charge in [-0.15, -0.1) is 0 Å². The smallest absolute Gasteiger partial charge is 0.242 e. The minimum absolute atomic E-state index is 0.0216. The van der Waals surface area contributed by atoms with E-state index in [-0.39, 0.29) is 18.4 Å². The Morgan fingerprint density at radius 2 is 1.79 bits per heavy atom. The molecule has 0 spiro atoms. The van der Waals surface area contributed by atoms with Gasteiger partial charge in [0.05, 0.1) is 11.0 Å². The standard InChI is InChI=1S/C23H28N4O2/c1-3-9-22(28)24-15-14-21-25-19-12-7-8-13-20(19)27(21)17-23(29)26(2)16-18-10-5-4-6-11-18/h4-8,10-13H,3,9,14-17H2,1-2H3,(H,24,28). The highest BCUT2D eigenvalue weighted by Crippen LogP contribution is 2.17. The second kappa shape index (κ2) is 9.87. The summed E-state index contributed by atoms with van der Waals surface area (Å²) < 4.78 is 1.96. The Bertz CT molecular complexity index is 965. The summed E-state index contributed by atoms with van der Waals surface area (Å²) in [6.45, 7) is 3.28. The lowest BCUT2D eigenvalue weighted by atomic mass is 10.2. The van der Waals surface area contributed by atoms with Gasteiger partial charge in [0.15, 0.2) is 0 Å². The summed E-state index contributed by atoms with van der Waals surface area (Å²) in [5.74, 6) is 0.881. The summed E-state index contributed by atoms with van der Waals surface area (Å²) in [5.41, 5.74) is 2.89. The van der Waals surface area contributed by atoms with Crippen molar-refractivity contribution in [1.82, 2.24) is 19.8 Å². The van der Waals surface area contributed by atoms with Crippen LogP contribution in [0.4, 0.5) is 0 Å². The maximum Gasteiger partial charge on any atom is 0.242 e. The van der Waals surface area contributed by atoms with Gasteiger partial charge in [-0.3, -0.25) is 9.59 Å². The number of nitrogens with one attached hydrogen (secondary N) is 1. The van der Waals surface area contributed by atoms with Gasteiger partial charge in [0, 0.05) is 33.0 Å².